The molecule has 1 fully saturated rings. The lowest BCUT2D eigenvalue weighted by Crippen LogP contribution is -3.13. The number of piperidine rings is 1. The van der Waals surface area contributed by atoms with E-state index in [1.54, 1.807) is 0 Å². The minimum atomic E-state index is -1.08. The zero-order valence-corrected chi connectivity index (χ0v) is 11.1. The van der Waals surface area contributed by atoms with Gasteiger partial charge in [-0.05, 0) is 33.1 Å². The summed E-state index contributed by atoms with van der Waals surface area (Å²) in [6.45, 7) is 9.81. The van der Waals surface area contributed by atoms with Gasteiger partial charge >= 0.3 is 0 Å². The number of carbonyl (C=O) groups is 1. The highest BCUT2D eigenvalue weighted by molar-refractivity contribution is 5.60. The lowest BCUT2D eigenvalue weighted by molar-refractivity contribution is -0.907. The number of carboxylic acid groups (broad SMARTS) is 1. The number of hydrogen-bond acceptors (Lipinski definition) is 2. The van der Waals surface area contributed by atoms with Crippen molar-refractivity contribution >= 4 is 5.97 Å². The highest BCUT2D eigenvalue weighted by Crippen LogP contribution is 2.14. The van der Waals surface area contributed by atoms with Gasteiger partial charge in [0.15, 0.2) is 0 Å². The van der Waals surface area contributed by atoms with Gasteiger partial charge in [-0.25, -0.2) is 0 Å². The van der Waals surface area contributed by atoms with Crippen molar-refractivity contribution in [1.82, 2.24) is 0 Å². The van der Waals surface area contributed by atoms with E-state index in [0.717, 1.165) is 12.8 Å². The van der Waals surface area contributed by atoms with Crippen LogP contribution in [0.4, 0.5) is 0 Å². The molecule has 1 N–H and O–H groups in total. The van der Waals surface area contributed by atoms with E-state index in [0.29, 0.717) is 0 Å². The maximum Gasteiger partial charge on any atom is 0.0799 e. The van der Waals surface area contributed by atoms with Gasteiger partial charge in [-0.2, -0.15) is 0 Å². The van der Waals surface area contributed by atoms with Crippen molar-refractivity contribution in [1.29, 1.82) is 0 Å². The number of aliphatic carboxylic acids is 1. The lowest BCUT2D eigenvalue weighted by atomic mass is 9.93. The van der Waals surface area contributed by atoms with E-state index in [-0.39, 0.29) is 0 Å². The van der Waals surface area contributed by atoms with Crippen LogP contribution in [-0.2, 0) is 4.79 Å². The van der Waals surface area contributed by atoms with E-state index >= 15 is 0 Å². The largest absolute Gasteiger partial charge is 0.550 e. The highest BCUT2D eigenvalue weighted by Gasteiger charge is 2.20. The van der Waals surface area contributed by atoms with Crippen molar-refractivity contribution in [3.05, 3.63) is 0 Å². The van der Waals surface area contributed by atoms with Gasteiger partial charge in [-0.3, -0.25) is 0 Å². The Kier molecular flexibility index (Phi) is 9.30. The minimum Gasteiger partial charge on any atom is -0.550 e. The van der Waals surface area contributed by atoms with Gasteiger partial charge in [-0.1, -0.05) is 19.8 Å². The predicted molar refractivity (Wildman–Crippen MR) is 64.2 cm³/mol. The number of quaternary nitrogens is 1. The summed E-state index contributed by atoms with van der Waals surface area (Å²) in [5.74, 6) is -0.0337. The molecule has 0 amide bonds. The summed E-state index contributed by atoms with van der Waals surface area (Å²) in [4.78, 5) is 10.7. The van der Waals surface area contributed by atoms with Crippen LogP contribution in [0.5, 0.6) is 0 Å². The van der Waals surface area contributed by atoms with Crippen molar-refractivity contribution in [2.45, 2.75) is 52.9 Å². The molecule has 0 spiro atoms. The first-order valence-corrected chi connectivity index (χ1v) is 6.61. The van der Waals surface area contributed by atoms with E-state index in [4.69, 9.17) is 9.90 Å². The smallest absolute Gasteiger partial charge is 0.0799 e. The monoisotopic (exact) mass is 229 g/mol. The van der Waals surface area contributed by atoms with Gasteiger partial charge in [0.05, 0.1) is 19.6 Å². The van der Waals surface area contributed by atoms with Gasteiger partial charge < -0.3 is 14.8 Å². The zero-order valence-electron chi connectivity index (χ0n) is 11.1. The SMILES string of the molecule is CC(=O)[O-].CCCCC1CCC[NH+](CC)C1. The van der Waals surface area contributed by atoms with Gasteiger partial charge in [0.25, 0.3) is 0 Å². The number of rotatable bonds is 4. The van der Waals surface area contributed by atoms with E-state index < -0.39 is 5.97 Å². The van der Waals surface area contributed by atoms with Gasteiger partial charge in [0.2, 0.25) is 0 Å². The molecule has 0 aromatic rings. The number of carboxylic acids is 1. The molecular weight excluding hydrogens is 202 g/mol. The Morgan fingerprint density at radius 3 is 2.56 bits per heavy atom. The molecule has 2 atom stereocenters. The first-order chi connectivity index (χ1) is 7.60. The molecule has 1 rings (SSSR count). The predicted octanol–water partition coefficient (Wildman–Crippen LogP) is 0.248. The van der Waals surface area contributed by atoms with Crippen molar-refractivity contribution in [2.24, 2.45) is 5.92 Å². The number of likely N-dealkylation sites (tertiary alicyclic amines) is 1. The molecule has 2 unspecified atom stereocenters. The van der Waals surface area contributed by atoms with E-state index in [1.807, 2.05) is 4.90 Å². The molecule has 3 nitrogen and oxygen atoms in total. The molecule has 1 aliphatic heterocycles. The molecule has 96 valence electrons. The van der Waals surface area contributed by atoms with Crippen LogP contribution < -0.4 is 10.0 Å². The summed E-state index contributed by atoms with van der Waals surface area (Å²) in [6, 6.07) is 0. The molecule has 0 radical (unpaired) electrons. The molecule has 1 saturated heterocycles. The van der Waals surface area contributed by atoms with E-state index in [9.17, 15) is 0 Å². The second-order valence-corrected chi connectivity index (χ2v) is 4.70. The number of unbranched alkanes of at least 4 members (excludes halogenated alkanes) is 1. The second kappa shape index (κ2) is 9.64. The third kappa shape index (κ3) is 8.72. The Bertz CT molecular complexity index is 179. The topological polar surface area (TPSA) is 44.6 Å². The van der Waals surface area contributed by atoms with Crippen molar-refractivity contribution in [3.63, 3.8) is 0 Å². The average Bonchev–Trinajstić information content (AvgIpc) is 2.26. The Balaban J connectivity index is 0.000000487. The first kappa shape index (κ1) is 15.4. The fourth-order valence-electron chi connectivity index (χ4n) is 2.31. The number of nitrogens with one attached hydrogen (secondary N) is 1. The molecular formula is C13H27NO2. The van der Waals surface area contributed by atoms with Crippen LogP contribution in [0.2, 0.25) is 0 Å². The quantitative estimate of drug-likeness (QED) is 0.751. The average molecular weight is 229 g/mol. The number of hydrogen-bond donors (Lipinski definition) is 1. The van der Waals surface area contributed by atoms with Gasteiger partial charge in [-0.15, -0.1) is 0 Å². The summed E-state index contributed by atoms with van der Waals surface area (Å²) < 4.78 is 0. The minimum absolute atomic E-state index is 0.972. The Hall–Kier alpha value is -0.570. The van der Waals surface area contributed by atoms with Crippen LogP contribution in [0.3, 0.4) is 0 Å². The van der Waals surface area contributed by atoms with E-state index in [1.165, 1.54) is 51.7 Å². The fourth-order valence-corrected chi connectivity index (χ4v) is 2.31. The van der Waals surface area contributed by atoms with Crippen LogP contribution in [-0.4, -0.2) is 25.6 Å². The molecule has 0 bridgehead atoms. The van der Waals surface area contributed by atoms with Crippen molar-refractivity contribution < 1.29 is 14.8 Å². The Labute approximate surface area is 99.8 Å². The first-order valence-electron chi connectivity index (χ1n) is 6.61. The number of carbonyl (C=O) groups excluding carboxylic acids is 1. The van der Waals surface area contributed by atoms with Crippen LogP contribution in [0.15, 0.2) is 0 Å². The van der Waals surface area contributed by atoms with Crippen LogP contribution in [0.1, 0.15) is 52.9 Å². The summed E-state index contributed by atoms with van der Waals surface area (Å²) in [6.07, 6.45) is 7.28. The maximum absolute atomic E-state index is 8.89. The molecule has 3 heteroatoms. The Morgan fingerprint density at radius 1 is 1.44 bits per heavy atom. The van der Waals surface area contributed by atoms with Crippen molar-refractivity contribution in [2.75, 3.05) is 19.6 Å². The summed E-state index contributed by atoms with van der Waals surface area (Å²) in [5, 5.41) is 8.89. The van der Waals surface area contributed by atoms with Crippen LogP contribution in [0, 0.1) is 5.92 Å². The second-order valence-electron chi connectivity index (χ2n) is 4.70. The van der Waals surface area contributed by atoms with E-state index in [2.05, 4.69) is 13.8 Å². The molecule has 0 aliphatic carbocycles. The summed E-state index contributed by atoms with van der Waals surface area (Å²) >= 11 is 0. The Morgan fingerprint density at radius 2 is 2.06 bits per heavy atom. The van der Waals surface area contributed by atoms with Gasteiger partial charge in [0, 0.05) is 11.9 Å². The third-order valence-corrected chi connectivity index (χ3v) is 3.19. The molecule has 1 heterocycles. The zero-order chi connectivity index (χ0) is 12.4. The fraction of sp³-hybridized carbons (Fsp3) is 0.923. The maximum atomic E-state index is 8.89. The normalized spacial score (nSPS) is 24.4. The molecule has 0 aromatic heterocycles. The summed E-state index contributed by atoms with van der Waals surface area (Å²) in [7, 11) is 0. The van der Waals surface area contributed by atoms with Crippen molar-refractivity contribution in [3.8, 4) is 0 Å². The highest BCUT2D eigenvalue weighted by atomic mass is 16.4. The standard InChI is InChI=1S/C11H23N.C2H4O2/c1-3-5-7-11-8-6-9-12(4-2)10-11;1-2(3)4/h11H,3-10H2,1-2H3;1H3,(H,3,4). The van der Waals surface area contributed by atoms with Crippen LogP contribution >= 0.6 is 0 Å². The molecule has 16 heavy (non-hydrogen) atoms. The molecule has 1 aliphatic rings. The van der Waals surface area contributed by atoms with Gasteiger partial charge in [0.1, 0.15) is 0 Å². The molecule has 0 aromatic carbocycles. The molecule has 0 saturated carbocycles. The lowest BCUT2D eigenvalue weighted by Gasteiger charge is -2.28. The summed E-state index contributed by atoms with van der Waals surface area (Å²) in [5.41, 5.74) is 0. The third-order valence-electron chi connectivity index (χ3n) is 3.19. The van der Waals surface area contributed by atoms with Crippen LogP contribution in [0.25, 0.3) is 0 Å².